The van der Waals surface area contributed by atoms with Gasteiger partial charge in [-0.3, -0.25) is 0 Å². The Balaban J connectivity index is 1.78. The second-order valence-corrected chi connectivity index (χ2v) is 7.68. The molecule has 7 heteroatoms. The van der Waals surface area contributed by atoms with Crippen molar-refractivity contribution in [3.63, 3.8) is 0 Å². The van der Waals surface area contributed by atoms with Gasteiger partial charge in [0, 0.05) is 29.2 Å². The van der Waals surface area contributed by atoms with Gasteiger partial charge in [-0.25, -0.2) is 0 Å². The van der Waals surface area contributed by atoms with Crippen molar-refractivity contribution >= 4 is 16.4 Å². The van der Waals surface area contributed by atoms with E-state index < -0.39 is 5.54 Å². The summed E-state index contributed by atoms with van der Waals surface area (Å²) in [5.41, 5.74) is 21.7. The van der Waals surface area contributed by atoms with E-state index in [1.54, 1.807) is 6.20 Å². The van der Waals surface area contributed by atoms with Crippen molar-refractivity contribution in [2.24, 2.45) is 17.2 Å². The number of nitrogens with two attached hydrogens (primary N) is 3. The van der Waals surface area contributed by atoms with Crippen LogP contribution < -0.4 is 17.2 Å². The predicted molar refractivity (Wildman–Crippen MR) is 115 cm³/mol. The van der Waals surface area contributed by atoms with Crippen LogP contribution in [0.4, 0.5) is 0 Å². The Kier molecular flexibility index (Phi) is 6.61. The Morgan fingerprint density at radius 2 is 2.04 bits per heavy atom. The highest BCUT2D eigenvalue weighted by Crippen LogP contribution is 2.29. The summed E-state index contributed by atoms with van der Waals surface area (Å²) in [5.74, 6) is 0. The topological polar surface area (TPSA) is 111 Å². The lowest BCUT2D eigenvalue weighted by Crippen LogP contribution is -2.49. The zero-order valence-electron chi connectivity index (χ0n) is 17.0. The number of fused-ring (bicyclic) bond motifs is 3. The molecule has 0 saturated carbocycles. The number of pyridine rings is 1. The lowest BCUT2D eigenvalue weighted by molar-refractivity contribution is 0.266. The molecule has 3 rings (SSSR count). The summed E-state index contributed by atoms with van der Waals surface area (Å²) in [4.78, 5) is 2.40. The number of hydrogen-bond donors (Lipinski definition) is 3. The lowest BCUT2D eigenvalue weighted by Gasteiger charge is -2.31. The third-order valence-electron chi connectivity index (χ3n) is 5.77. The minimum absolute atomic E-state index is 0.310. The molecule has 0 bridgehead atoms. The monoisotopic (exact) mass is 383 g/mol. The van der Waals surface area contributed by atoms with E-state index in [1.165, 1.54) is 0 Å². The Morgan fingerprint density at radius 1 is 1.25 bits per heavy atom. The van der Waals surface area contributed by atoms with E-state index in [1.807, 2.05) is 18.3 Å². The van der Waals surface area contributed by atoms with Crippen molar-refractivity contribution in [2.45, 2.75) is 44.7 Å². The summed E-state index contributed by atoms with van der Waals surface area (Å²) in [6.07, 6.45) is 6.24. The van der Waals surface area contributed by atoms with Gasteiger partial charge >= 0.3 is 0 Å². The standard InChI is InChI=1S/C21H33N7/c1-3-27(4-2)10-7-9-21(24,15-22)13-18(23)20-17-12-16-8-5-6-11-28(16)19(17)14-25-26-20/h5-6,8,11-12,14,18H,3-4,7,9-10,13,15,22-24H2,1-2H3. The third kappa shape index (κ3) is 4.33. The first kappa shape index (κ1) is 20.7. The molecule has 0 aliphatic heterocycles. The fourth-order valence-corrected chi connectivity index (χ4v) is 3.97. The van der Waals surface area contributed by atoms with E-state index in [9.17, 15) is 0 Å². The molecular formula is C21H33N7. The third-order valence-corrected chi connectivity index (χ3v) is 5.77. The summed E-state index contributed by atoms with van der Waals surface area (Å²) in [6.45, 7) is 7.89. The second-order valence-electron chi connectivity index (χ2n) is 7.68. The first-order chi connectivity index (χ1) is 13.5. The lowest BCUT2D eigenvalue weighted by atomic mass is 9.86. The molecule has 28 heavy (non-hydrogen) atoms. The zero-order chi connectivity index (χ0) is 20.1. The summed E-state index contributed by atoms with van der Waals surface area (Å²) >= 11 is 0. The van der Waals surface area contributed by atoms with E-state index in [0.717, 1.165) is 54.6 Å². The van der Waals surface area contributed by atoms with Gasteiger partial charge in [0.25, 0.3) is 0 Å². The molecule has 0 amide bonds. The Morgan fingerprint density at radius 3 is 2.75 bits per heavy atom. The molecule has 0 fully saturated rings. The highest BCUT2D eigenvalue weighted by Gasteiger charge is 2.28. The highest BCUT2D eigenvalue weighted by atomic mass is 15.1. The second kappa shape index (κ2) is 8.96. The van der Waals surface area contributed by atoms with Gasteiger partial charge in [0.15, 0.2) is 0 Å². The average Bonchev–Trinajstić information content (AvgIpc) is 3.10. The fourth-order valence-electron chi connectivity index (χ4n) is 3.97. The van der Waals surface area contributed by atoms with Crippen molar-refractivity contribution in [2.75, 3.05) is 26.2 Å². The van der Waals surface area contributed by atoms with Gasteiger partial charge in [-0.1, -0.05) is 19.9 Å². The first-order valence-electron chi connectivity index (χ1n) is 10.2. The van der Waals surface area contributed by atoms with Crippen LogP contribution >= 0.6 is 0 Å². The summed E-state index contributed by atoms with van der Waals surface area (Å²) in [7, 11) is 0. The molecule has 0 radical (unpaired) electrons. The van der Waals surface area contributed by atoms with Crippen LogP contribution in [0.15, 0.2) is 36.7 Å². The molecule has 0 aliphatic rings. The summed E-state index contributed by atoms with van der Waals surface area (Å²) in [6, 6.07) is 7.89. The van der Waals surface area contributed by atoms with Crippen LogP contribution in [0.3, 0.4) is 0 Å². The Bertz CT molecular complexity index is 902. The van der Waals surface area contributed by atoms with Gasteiger partial charge in [0.1, 0.15) is 0 Å². The predicted octanol–water partition coefficient (Wildman–Crippen LogP) is 2.05. The van der Waals surface area contributed by atoms with Gasteiger partial charge in [-0.15, -0.1) is 0 Å². The van der Waals surface area contributed by atoms with Gasteiger partial charge in [-0.2, -0.15) is 10.2 Å². The maximum atomic E-state index is 6.65. The van der Waals surface area contributed by atoms with Crippen molar-refractivity contribution in [3.8, 4) is 0 Å². The Labute approximate surface area is 166 Å². The van der Waals surface area contributed by atoms with Crippen LogP contribution in [0, 0.1) is 0 Å². The molecule has 3 heterocycles. The average molecular weight is 384 g/mol. The molecular weight excluding hydrogens is 350 g/mol. The van der Waals surface area contributed by atoms with Crippen LogP contribution in [0.2, 0.25) is 0 Å². The molecule has 3 aromatic heterocycles. The van der Waals surface area contributed by atoms with Crippen molar-refractivity contribution in [3.05, 3.63) is 42.4 Å². The van der Waals surface area contributed by atoms with Gasteiger partial charge in [-0.05, 0) is 57.1 Å². The number of rotatable bonds is 10. The molecule has 7 nitrogen and oxygen atoms in total. The van der Waals surface area contributed by atoms with Gasteiger partial charge in [0.2, 0.25) is 0 Å². The normalized spacial score (nSPS) is 15.4. The fraction of sp³-hybridized carbons (Fsp3) is 0.524. The highest BCUT2D eigenvalue weighted by molar-refractivity contribution is 5.88. The molecule has 3 aromatic rings. The SMILES string of the molecule is CCN(CC)CCCC(N)(CN)CC(N)c1nncc2c1cc1ccccn12. The number of hydrogen-bond acceptors (Lipinski definition) is 6. The van der Waals surface area contributed by atoms with Crippen molar-refractivity contribution < 1.29 is 0 Å². The summed E-state index contributed by atoms with van der Waals surface area (Å²) in [5, 5.41) is 9.58. The van der Waals surface area contributed by atoms with E-state index in [4.69, 9.17) is 17.2 Å². The molecule has 0 saturated heterocycles. The van der Waals surface area contributed by atoms with Crippen LogP contribution in [0.1, 0.15) is 44.8 Å². The molecule has 2 unspecified atom stereocenters. The van der Waals surface area contributed by atoms with E-state index in [0.29, 0.717) is 13.0 Å². The van der Waals surface area contributed by atoms with Crippen LogP contribution in [0.5, 0.6) is 0 Å². The van der Waals surface area contributed by atoms with E-state index >= 15 is 0 Å². The quantitative estimate of drug-likeness (QED) is 0.494. The molecule has 0 spiro atoms. The molecule has 0 aromatic carbocycles. The largest absolute Gasteiger partial charge is 0.329 e. The maximum absolute atomic E-state index is 6.65. The molecule has 6 N–H and O–H groups in total. The smallest absolute Gasteiger partial charge is 0.0892 e. The molecule has 2 atom stereocenters. The van der Waals surface area contributed by atoms with E-state index in [2.05, 4.69) is 45.5 Å². The van der Waals surface area contributed by atoms with Gasteiger partial charge in [0.05, 0.1) is 23.4 Å². The minimum Gasteiger partial charge on any atom is -0.329 e. The van der Waals surface area contributed by atoms with Crippen LogP contribution in [0.25, 0.3) is 16.4 Å². The van der Waals surface area contributed by atoms with E-state index in [-0.39, 0.29) is 6.04 Å². The minimum atomic E-state index is -0.504. The maximum Gasteiger partial charge on any atom is 0.0892 e. The van der Waals surface area contributed by atoms with Crippen molar-refractivity contribution in [1.82, 2.24) is 19.5 Å². The van der Waals surface area contributed by atoms with Gasteiger partial charge < -0.3 is 26.5 Å². The zero-order valence-corrected chi connectivity index (χ0v) is 17.0. The van der Waals surface area contributed by atoms with Crippen molar-refractivity contribution in [1.29, 1.82) is 0 Å². The molecule has 0 aliphatic carbocycles. The van der Waals surface area contributed by atoms with Crippen LogP contribution in [-0.2, 0) is 0 Å². The molecule has 152 valence electrons. The van der Waals surface area contributed by atoms with Crippen LogP contribution in [-0.4, -0.2) is 51.2 Å². The summed E-state index contributed by atoms with van der Waals surface area (Å²) < 4.78 is 2.10. The Hall–Kier alpha value is -2.06. The number of aromatic nitrogens is 3. The first-order valence-corrected chi connectivity index (χ1v) is 10.2. The number of nitrogens with zero attached hydrogens (tertiary/aromatic N) is 4.